The molecule has 0 bridgehead atoms. The van der Waals surface area contributed by atoms with Gasteiger partial charge in [-0.2, -0.15) is 20.4 Å². The number of nitrogens with zero attached hydrogens (tertiary/aromatic N) is 4. The summed E-state index contributed by atoms with van der Waals surface area (Å²) in [5, 5.41) is 16.6. The Hall–Kier alpha value is -3.60. The highest BCUT2D eigenvalue weighted by atomic mass is 16.3. The maximum absolute atomic E-state index is 5.80. The maximum Gasteiger partial charge on any atom is 0.150 e. The van der Waals surface area contributed by atoms with Crippen LogP contribution in [0.3, 0.4) is 0 Å². The summed E-state index contributed by atoms with van der Waals surface area (Å²) in [7, 11) is 0. The van der Waals surface area contributed by atoms with Crippen LogP contribution >= 0.6 is 0 Å². The Kier molecular flexibility index (Phi) is 6.20. The smallest absolute Gasteiger partial charge is 0.150 e. The average molecular weight is 356 g/mol. The molecule has 0 fully saturated rings. The van der Waals surface area contributed by atoms with Crippen LogP contribution in [-0.4, -0.2) is 23.9 Å². The summed E-state index contributed by atoms with van der Waals surface area (Å²) < 4.78 is 5.80. The van der Waals surface area contributed by atoms with Gasteiger partial charge in [0.1, 0.15) is 11.4 Å². The second kappa shape index (κ2) is 9.20. The Morgan fingerprint density at radius 3 is 1.44 bits per heavy atom. The minimum atomic E-state index is 0.650. The lowest BCUT2D eigenvalue weighted by atomic mass is 10.2. The lowest BCUT2D eigenvalue weighted by Gasteiger charge is -1.95. The molecule has 0 atom stereocenters. The summed E-state index contributed by atoms with van der Waals surface area (Å²) in [6.07, 6.45) is 3.41. The van der Waals surface area contributed by atoms with E-state index in [1.165, 1.54) is 0 Å². The van der Waals surface area contributed by atoms with Crippen molar-refractivity contribution in [2.24, 2.45) is 20.4 Å². The van der Waals surface area contributed by atoms with E-state index in [2.05, 4.69) is 20.4 Å². The van der Waals surface area contributed by atoms with E-state index in [4.69, 9.17) is 4.42 Å². The van der Waals surface area contributed by atoms with Crippen LogP contribution in [0.2, 0.25) is 0 Å². The third-order valence-corrected chi connectivity index (χ3v) is 3.75. The highest BCUT2D eigenvalue weighted by molar-refractivity contribution is 6.00. The minimum absolute atomic E-state index is 0.650. The van der Waals surface area contributed by atoms with E-state index in [0.717, 1.165) is 11.1 Å². The molecule has 0 radical (unpaired) electrons. The summed E-state index contributed by atoms with van der Waals surface area (Å²) in [5.74, 6) is 1.30. The van der Waals surface area contributed by atoms with Crippen LogP contribution in [0.1, 0.15) is 36.5 Å². The van der Waals surface area contributed by atoms with Gasteiger partial charge in [-0.05, 0) is 37.1 Å². The Morgan fingerprint density at radius 2 is 1.04 bits per heavy atom. The standard InChI is InChI=1S/C22H20N4O/c1-17(25-23-15-19-9-5-3-6-10-19)21-13-14-22(27-21)18(2)26-24-16-20-11-7-4-8-12-20/h3-16H,1-2H3/b23-15-,24-16-,25-17-,26-18+. The van der Waals surface area contributed by atoms with Gasteiger partial charge in [-0.25, -0.2) is 0 Å². The Labute approximate surface area is 158 Å². The van der Waals surface area contributed by atoms with Crippen molar-refractivity contribution < 1.29 is 4.42 Å². The lowest BCUT2D eigenvalue weighted by molar-refractivity contribution is 0.547. The van der Waals surface area contributed by atoms with Crippen molar-refractivity contribution in [2.45, 2.75) is 13.8 Å². The van der Waals surface area contributed by atoms with Gasteiger partial charge in [-0.1, -0.05) is 60.7 Å². The van der Waals surface area contributed by atoms with E-state index in [-0.39, 0.29) is 0 Å². The van der Waals surface area contributed by atoms with Gasteiger partial charge in [0.15, 0.2) is 11.5 Å². The molecule has 0 unspecified atom stereocenters. The first-order chi connectivity index (χ1) is 13.2. The quantitative estimate of drug-likeness (QED) is 0.454. The van der Waals surface area contributed by atoms with Crippen molar-refractivity contribution in [2.75, 3.05) is 0 Å². The van der Waals surface area contributed by atoms with Crippen LogP contribution in [0.25, 0.3) is 0 Å². The third kappa shape index (κ3) is 5.44. The molecular formula is C22H20N4O. The van der Waals surface area contributed by atoms with Crippen molar-refractivity contribution in [3.63, 3.8) is 0 Å². The molecular weight excluding hydrogens is 336 g/mol. The zero-order valence-electron chi connectivity index (χ0n) is 15.3. The summed E-state index contributed by atoms with van der Waals surface area (Å²) in [6.45, 7) is 3.70. The van der Waals surface area contributed by atoms with Gasteiger partial charge < -0.3 is 4.42 Å². The van der Waals surface area contributed by atoms with Crippen molar-refractivity contribution in [1.82, 2.24) is 0 Å². The first-order valence-corrected chi connectivity index (χ1v) is 8.58. The van der Waals surface area contributed by atoms with Gasteiger partial charge in [-0.15, -0.1) is 0 Å². The number of benzene rings is 2. The molecule has 27 heavy (non-hydrogen) atoms. The van der Waals surface area contributed by atoms with Crippen LogP contribution in [0, 0.1) is 0 Å². The topological polar surface area (TPSA) is 62.6 Å². The fourth-order valence-electron chi connectivity index (χ4n) is 2.27. The van der Waals surface area contributed by atoms with Crippen molar-refractivity contribution in [3.8, 4) is 0 Å². The zero-order valence-corrected chi connectivity index (χ0v) is 15.3. The molecule has 0 saturated carbocycles. The molecule has 0 spiro atoms. The summed E-state index contributed by atoms with van der Waals surface area (Å²) in [5.41, 5.74) is 3.37. The third-order valence-electron chi connectivity index (χ3n) is 3.75. The predicted molar refractivity (Wildman–Crippen MR) is 111 cm³/mol. The van der Waals surface area contributed by atoms with Gasteiger partial charge in [0, 0.05) is 0 Å². The zero-order chi connectivity index (χ0) is 18.9. The number of rotatable bonds is 6. The summed E-state index contributed by atoms with van der Waals surface area (Å²) in [6, 6.07) is 23.3. The van der Waals surface area contributed by atoms with E-state index < -0.39 is 0 Å². The average Bonchev–Trinajstić information content (AvgIpc) is 3.20. The van der Waals surface area contributed by atoms with Crippen molar-refractivity contribution in [3.05, 3.63) is 95.4 Å². The van der Waals surface area contributed by atoms with Gasteiger partial charge in [-0.3, -0.25) is 0 Å². The van der Waals surface area contributed by atoms with Crippen LogP contribution in [0.5, 0.6) is 0 Å². The molecule has 2 aromatic carbocycles. The largest absolute Gasteiger partial charge is 0.453 e. The van der Waals surface area contributed by atoms with E-state index >= 15 is 0 Å². The molecule has 5 nitrogen and oxygen atoms in total. The van der Waals surface area contributed by atoms with Crippen molar-refractivity contribution in [1.29, 1.82) is 0 Å². The molecule has 1 aromatic heterocycles. The molecule has 3 rings (SSSR count). The number of furan rings is 1. The monoisotopic (exact) mass is 356 g/mol. The highest BCUT2D eigenvalue weighted by Gasteiger charge is 2.07. The highest BCUT2D eigenvalue weighted by Crippen LogP contribution is 2.11. The van der Waals surface area contributed by atoms with Gasteiger partial charge in [0.05, 0.1) is 12.4 Å². The Bertz CT molecular complexity index is 903. The van der Waals surface area contributed by atoms with E-state index in [0.29, 0.717) is 22.9 Å². The van der Waals surface area contributed by atoms with Crippen molar-refractivity contribution >= 4 is 23.9 Å². The molecule has 0 saturated heterocycles. The van der Waals surface area contributed by atoms with Crippen LogP contribution in [0.15, 0.2) is 97.6 Å². The number of hydrogen-bond acceptors (Lipinski definition) is 5. The summed E-state index contributed by atoms with van der Waals surface area (Å²) >= 11 is 0. The lowest BCUT2D eigenvalue weighted by Crippen LogP contribution is -1.93. The molecule has 5 heteroatoms. The molecule has 0 N–H and O–H groups in total. The molecule has 0 aliphatic carbocycles. The molecule has 134 valence electrons. The van der Waals surface area contributed by atoms with Crippen LogP contribution in [0.4, 0.5) is 0 Å². The van der Waals surface area contributed by atoms with E-state index in [1.54, 1.807) is 12.4 Å². The Balaban J connectivity index is 1.66. The van der Waals surface area contributed by atoms with Crippen LogP contribution in [-0.2, 0) is 0 Å². The molecule has 1 heterocycles. The van der Waals surface area contributed by atoms with Crippen LogP contribution < -0.4 is 0 Å². The second-order valence-corrected chi connectivity index (χ2v) is 5.85. The first kappa shape index (κ1) is 18.2. The number of hydrogen-bond donors (Lipinski definition) is 0. The predicted octanol–water partition coefficient (Wildman–Crippen LogP) is 4.97. The molecule has 3 aromatic rings. The summed E-state index contributed by atoms with van der Waals surface area (Å²) in [4.78, 5) is 0. The minimum Gasteiger partial charge on any atom is -0.453 e. The normalized spacial score (nSPS) is 13.0. The van der Waals surface area contributed by atoms with E-state index in [1.807, 2.05) is 86.6 Å². The fraction of sp³-hybridized carbons (Fsp3) is 0.0909. The fourth-order valence-corrected chi connectivity index (χ4v) is 2.27. The van der Waals surface area contributed by atoms with Gasteiger partial charge in [0.25, 0.3) is 0 Å². The first-order valence-electron chi connectivity index (χ1n) is 8.58. The van der Waals surface area contributed by atoms with Gasteiger partial charge in [0.2, 0.25) is 0 Å². The van der Waals surface area contributed by atoms with Gasteiger partial charge >= 0.3 is 0 Å². The molecule has 0 amide bonds. The van der Waals surface area contributed by atoms with E-state index in [9.17, 15) is 0 Å². The Morgan fingerprint density at radius 1 is 0.630 bits per heavy atom. The molecule has 0 aliphatic rings. The maximum atomic E-state index is 5.80. The second-order valence-electron chi connectivity index (χ2n) is 5.85. The SMILES string of the molecule is C/C(=N/N=C\c1ccccc1)c1ccc(/C(C)=N/N=C\c2ccccc2)o1. The molecule has 0 aliphatic heterocycles.